The molecule has 0 unspecified atom stereocenters. The highest BCUT2D eigenvalue weighted by Crippen LogP contribution is 2.32. The van der Waals surface area contributed by atoms with Gasteiger partial charge < -0.3 is 15.2 Å². The number of nitrogens with one attached hydrogen (secondary N) is 2. The number of nitrogens with zero attached hydrogens (tertiary/aromatic N) is 1. The Morgan fingerprint density at radius 3 is 2.41 bits per heavy atom. The lowest BCUT2D eigenvalue weighted by Crippen LogP contribution is -2.15. The molecule has 1 aliphatic heterocycles. The smallest absolute Gasteiger partial charge is 0.274 e. The summed E-state index contributed by atoms with van der Waals surface area (Å²) in [7, 11) is 1.89. The first-order chi connectivity index (χ1) is 8.16. The van der Waals surface area contributed by atoms with Crippen LogP contribution in [-0.4, -0.2) is 10.5 Å². The molecule has 0 atom stereocenters. The monoisotopic (exact) mass is 227 g/mol. The van der Waals surface area contributed by atoms with Gasteiger partial charge >= 0.3 is 0 Å². The molecule has 1 amide bonds. The van der Waals surface area contributed by atoms with Gasteiger partial charge in [0.15, 0.2) is 0 Å². The van der Waals surface area contributed by atoms with E-state index >= 15 is 0 Å². The van der Waals surface area contributed by atoms with Gasteiger partial charge in [-0.3, -0.25) is 4.79 Å². The van der Waals surface area contributed by atoms with Crippen LogP contribution in [-0.2, 0) is 7.05 Å². The van der Waals surface area contributed by atoms with Crippen LogP contribution in [0.1, 0.15) is 16.2 Å². The fourth-order valence-electron chi connectivity index (χ4n) is 2.13. The molecular formula is C13H13N3O. The van der Waals surface area contributed by atoms with Crippen molar-refractivity contribution in [3.05, 3.63) is 41.7 Å². The van der Waals surface area contributed by atoms with Crippen LogP contribution < -0.4 is 10.6 Å². The third-order valence-electron chi connectivity index (χ3n) is 3.13. The van der Waals surface area contributed by atoms with Gasteiger partial charge in [-0.05, 0) is 25.1 Å². The predicted molar refractivity (Wildman–Crippen MR) is 67.8 cm³/mol. The molecule has 0 bridgehead atoms. The average molecular weight is 227 g/mol. The zero-order chi connectivity index (χ0) is 12.0. The van der Waals surface area contributed by atoms with Crippen molar-refractivity contribution in [1.29, 1.82) is 0 Å². The van der Waals surface area contributed by atoms with Crippen molar-refractivity contribution >= 4 is 23.0 Å². The molecule has 0 aliphatic carbocycles. The summed E-state index contributed by atoms with van der Waals surface area (Å²) in [5.41, 5.74) is 4.31. The van der Waals surface area contributed by atoms with Gasteiger partial charge in [0, 0.05) is 12.7 Å². The van der Waals surface area contributed by atoms with Crippen molar-refractivity contribution in [3.8, 4) is 0 Å². The van der Waals surface area contributed by atoms with Crippen molar-refractivity contribution in [2.45, 2.75) is 6.92 Å². The van der Waals surface area contributed by atoms with Gasteiger partial charge in [0.2, 0.25) is 0 Å². The van der Waals surface area contributed by atoms with E-state index in [0.717, 1.165) is 22.8 Å². The number of aromatic nitrogens is 1. The number of benzene rings is 1. The minimum atomic E-state index is -0.0759. The summed E-state index contributed by atoms with van der Waals surface area (Å²) < 4.78 is 1.89. The van der Waals surface area contributed by atoms with Crippen LogP contribution in [0.5, 0.6) is 0 Å². The van der Waals surface area contributed by atoms with Crippen LogP contribution in [0.2, 0.25) is 0 Å². The quantitative estimate of drug-likeness (QED) is 0.726. The zero-order valence-corrected chi connectivity index (χ0v) is 9.74. The van der Waals surface area contributed by atoms with Crippen molar-refractivity contribution in [1.82, 2.24) is 4.57 Å². The minimum Gasteiger partial charge on any atom is -0.352 e. The molecular weight excluding hydrogens is 214 g/mol. The van der Waals surface area contributed by atoms with E-state index in [0.29, 0.717) is 5.69 Å². The average Bonchev–Trinajstić information content (AvgIpc) is 2.50. The number of anilines is 3. The van der Waals surface area contributed by atoms with Gasteiger partial charge in [-0.2, -0.15) is 0 Å². The molecule has 3 rings (SSSR count). The fraction of sp³-hybridized carbons (Fsp3) is 0.154. The Bertz CT molecular complexity index is 613. The highest BCUT2D eigenvalue weighted by Gasteiger charge is 2.22. The van der Waals surface area contributed by atoms with E-state index in [4.69, 9.17) is 0 Å². The van der Waals surface area contributed by atoms with Crippen molar-refractivity contribution in [2.24, 2.45) is 7.05 Å². The van der Waals surface area contributed by atoms with Gasteiger partial charge in [0.05, 0.1) is 17.1 Å². The number of hydrogen-bond acceptors (Lipinski definition) is 2. The second kappa shape index (κ2) is 3.38. The number of amides is 1. The molecule has 4 heteroatoms. The Hall–Kier alpha value is -2.23. The maximum atomic E-state index is 12.1. The molecule has 0 spiro atoms. The first-order valence-corrected chi connectivity index (χ1v) is 5.50. The van der Waals surface area contributed by atoms with Crippen LogP contribution in [0.25, 0.3) is 0 Å². The maximum absolute atomic E-state index is 12.1. The Labute approximate surface area is 99.3 Å². The summed E-state index contributed by atoms with van der Waals surface area (Å²) in [5, 5.41) is 6.20. The van der Waals surface area contributed by atoms with Gasteiger partial charge in [0.25, 0.3) is 5.91 Å². The Morgan fingerprint density at radius 2 is 1.71 bits per heavy atom. The summed E-state index contributed by atoms with van der Waals surface area (Å²) in [6.45, 7) is 1.98. The van der Waals surface area contributed by atoms with Crippen LogP contribution >= 0.6 is 0 Å². The number of aryl methyl sites for hydroxylation is 1. The lowest BCUT2D eigenvalue weighted by Gasteiger charge is -2.06. The van der Waals surface area contributed by atoms with Crippen molar-refractivity contribution in [2.75, 3.05) is 10.6 Å². The molecule has 17 heavy (non-hydrogen) atoms. The summed E-state index contributed by atoms with van der Waals surface area (Å²) in [4.78, 5) is 12.1. The largest absolute Gasteiger partial charge is 0.352 e. The number of para-hydroxylation sites is 2. The van der Waals surface area contributed by atoms with Gasteiger partial charge in [-0.15, -0.1) is 0 Å². The SMILES string of the molecule is Cc1cc2c(n1C)C(=O)Nc1ccccc1N2. The molecule has 1 aromatic carbocycles. The van der Waals surface area contributed by atoms with Gasteiger partial charge in [0.1, 0.15) is 5.69 Å². The lowest BCUT2D eigenvalue weighted by atomic mass is 10.2. The molecule has 1 aliphatic rings. The van der Waals surface area contributed by atoms with E-state index in [1.807, 2.05) is 48.9 Å². The third-order valence-corrected chi connectivity index (χ3v) is 3.13. The van der Waals surface area contributed by atoms with E-state index < -0.39 is 0 Å². The topological polar surface area (TPSA) is 46.1 Å². The first kappa shape index (κ1) is 9.96. The zero-order valence-electron chi connectivity index (χ0n) is 9.74. The Balaban J connectivity index is 2.20. The predicted octanol–water partition coefficient (Wildman–Crippen LogP) is 2.64. The lowest BCUT2D eigenvalue weighted by molar-refractivity contribution is 0.102. The summed E-state index contributed by atoms with van der Waals surface area (Å²) in [6, 6.07) is 9.67. The second-order valence-corrected chi connectivity index (χ2v) is 4.23. The number of carbonyl (C=O) groups excluding carboxylic acids is 1. The van der Waals surface area contributed by atoms with Crippen LogP contribution in [0.15, 0.2) is 30.3 Å². The summed E-state index contributed by atoms with van der Waals surface area (Å²) in [6.07, 6.45) is 0. The first-order valence-electron chi connectivity index (χ1n) is 5.50. The van der Waals surface area contributed by atoms with Crippen molar-refractivity contribution < 1.29 is 4.79 Å². The van der Waals surface area contributed by atoms with E-state index in [1.54, 1.807) is 0 Å². The standard InChI is InChI=1S/C13H13N3O/c1-8-7-11-12(16(8)2)13(17)15-10-6-4-3-5-9(10)14-11/h3-7,14H,1-2H3,(H,15,17). The molecule has 0 saturated carbocycles. The minimum absolute atomic E-state index is 0.0759. The van der Waals surface area contributed by atoms with Gasteiger partial charge in [-0.1, -0.05) is 12.1 Å². The maximum Gasteiger partial charge on any atom is 0.274 e. The molecule has 86 valence electrons. The second-order valence-electron chi connectivity index (χ2n) is 4.23. The normalized spacial score (nSPS) is 13.2. The highest BCUT2D eigenvalue weighted by atomic mass is 16.2. The molecule has 2 N–H and O–H groups in total. The van der Waals surface area contributed by atoms with E-state index in [1.165, 1.54) is 0 Å². The van der Waals surface area contributed by atoms with Crippen LogP contribution in [0.4, 0.5) is 17.1 Å². The Kier molecular flexibility index (Phi) is 1.98. The molecule has 0 radical (unpaired) electrons. The fourth-order valence-corrected chi connectivity index (χ4v) is 2.13. The summed E-state index contributed by atoms with van der Waals surface area (Å²) in [5.74, 6) is -0.0759. The van der Waals surface area contributed by atoms with Crippen LogP contribution in [0.3, 0.4) is 0 Å². The van der Waals surface area contributed by atoms with Crippen LogP contribution in [0, 0.1) is 6.92 Å². The molecule has 0 fully saturated rings. The number of fused-ring (bicyclic) bond motifs is 2. The van der Waals surface area contributed by atoms with E-state index in [2.05, 4.69) is 10.6 Å². The molecule has 1 aromatic heterocycles. The number of hydrogen-bond donors (Lipinski definition) is 2. The number of carbonyl (C=O) groups is 1. The molecule has 0 saturated heterocycles. The number of rotatable bonds is 0. The van der Waals surface area contributed by atoms with Crippen molar-refractivity contribution in [3.63, 3.8) is 0 Å². The molecule has 2 aromatic rings. The van der Waals surface area contributed by atoms with E-state index in [9.17, 15) is 4.79 Å². The highest BCUT2D eigenvalue weighted by molar-refractivity contribution is 6.11. The molecule has 4 nitrogen and oxygen atoms in total. The Morgan fingerprint density at radius 1 is 1.06 bits per heavy atom. The van der Waals surface area contributed by atoms with E-state index in [-0.39, 0.29) is 5.91 Å². The third kappa shape index (κ3) is 1.41. The summed E-state index contributed by atoms with van der Waals surface area (Å²) >= 11 is 0. The molecule has 2 heterocycles. The van der Waals surface area contributed by atoms with Gasteiger partial charge in [-0.25, -0.2) is 0 Å².